The first-order valence-corrected chi connectivity index (χ1v) is 10.9. The molecule has 162 valence electrons. The Balaban J connectivity index is 2.05. The van der Waals surface area contributed by atoms with Crippen LogP contribution in [0, 0.1) is 5.92 Å². The molecule has 1 heterocycles. The molecule has 1 N–H and O–H groups in total. The highest BCUT2D eigenvalue weighted by molar-refractivity contribution is 7.92. The van der Waals surface area contributed by atoms with Crippen molar-refractivity contribution in [3.8, 4) is 0 Å². The summed E-state index contributed by atoms with van der Waals surface area (Å²) in [5.41, 5.74) is -1.18. The summed E-state index contributed by atoms with van der Waals surface area (Å²) in [6, 6.07) is 5.21. The lowest BCUT2D eigenvalue weighted by molar-refractivity contribution is -0.137. The van der Waals surface area contributed by atoms with Crippen molar-refractivity contribution in [2.75, 3.05) is 10.8 Å². The van der Waals surface area contributed by atoms with Gasteiger partial charge in [0, 0.05) is 12.7 Å². The number of carboxylic acid groups (broad SMARTS) is 1. The predicted octanol–water partition coefficient (Wildman–Crippen LogP) is 4.84. The van der Waals surface area contributed by atoms with Gasteiger partial charge in [-0.25, -0.2) is 22.5 Å². The molecule has 30 heavy (non-hydrogen) atoms. The van der Waals surface area contributed by atoms with Gasteiger partial charge in [-0.05, 0) is 49.1 Å². The van der Waals surface area contributed by atoms with Crippen molar-refractivity contribution < 1.29 is 31.5 Å². The molecule has 1 saturated carbocycles. The number of alkyl halides is 3. The van der Waals surface area contributed by atoms with Gasteiger partial charge in [0.15, 0.2) is 5.82 Å². The van der Waals surface area contributed by atoms with E-state index < -0.39 is 32.8 Å². The fourth-order valence-corrected chi connectivity index (χ4v) is 5.23. The van der Waals surface area contributed by atoms with Gasteiger partial charge in [-0.3, -0.25) is 0 Å². The molecule has 0 saturated heterocycles. The molecule has 1 aromatic heterocycles. The molecule has 0 atom stereocenters. The van der Waals surface area contributed by atoms with Gasteiger partial charge in [0.2, 0.25) is 0 Å². The third-order valence-electron chi connectivity index (χ3n) is 4.97. The summed E-state index contributed by atoms with van der Waals surface area (Å²) in [6.45, 7) is 0.0150. The Labute approximate surface area is 176 Å². The highest BCUT2D eigenvalue weighted by Crippen LogP contribution is 2.37. The number of aromatic nitrogens is 1. The minimum atomic E-state index is -4.67. The average Bonchev–Trinajstić information content (AvgIpc) is 3.19. The lowest BCUT2D eigenvalue weighted by Crippen LogP contribution is -2.36. The Morgan fingerprint density at radius 2 is 1.80 bits per heavy atom. The smallest absolute Gasteiger partial charge is 0.417 e. The molecule has 11 heteroatoms. The van der Waals surface area contributed by atoms with E-state index in [9.17, 15) is 26.4 Å². The van der Waals surface area contributed by atoms with Gasteiger partial charge in [0.25, 0.3) is 10.0 Å². The van der Waals surface area contributed by atoms with Crippen molar-refractivity contribution in [2.24, 2.45) is 5.92 Å². The van der Waals surface area contributed by atoms with Crippen molar-refractivity contribution in [3.05, 3.63) is 52.7 Å². The zero-order valence-corrected chi connectivity index (χ0v) is 17.1. The summed E-state index contributed by atoms with van der Waals surface area (Å²) in [4.78, 5) is 14.5. The molecule has 1 aliphatic carbocycles. The molecule has 0 unspecified atom stereocenters. The van der Waals surface area contributed by atoms with Gasteiger partial charge in [-0.2, -0.15) is 13.2 Å². The maximum atomic E-state index is 13.3. The van der Waals surface area contributed by atoms with Gasteiger partial charge >= 0.3 is 12.1 Å². The molecular formula is C19H18ClF3N2O4S. The van der Waals surface area contributed by atoms with Crippen LogP contribution < -0.4 is 4.31 Å². The Morgan fingerprint density at radius 3 is 2.30 bits per heavy atom. The van der Waals surface area contributed by atoms with Crippen molar-refractivity contribution in [1.82, 2.24) is 4.98 Å². The van der Waals surface area contributed by atoms with Gasteiger partial charge in [0.1, 0.15) is 0 Å². The molecule has 0 amide bonds. The number of hydrogen-bond acceptors (Lipinski definition) is 4. The molecule has 2 aromatic rings. The highest BCUT2D eigenvalue weighted by atomic mass is 35.5. The van der Waals surface area contributed by atoms with Crippen LogP contribution in [0.1, 0.15) is 41.6 Å². The molecule has 0 spiro atoms. The summed E-state index contributed by atoms with van der Waals surface area (Å²) >= 11 is 6.03. The predicted molar refractivity (Wildman–Crippen MR) is 104 cm³/mol. The second-order valence-corrected chi connectivity index (χ2v) is 9.31. The van der Waals surface area contributed by atoms with E-state index in [1.165, 1.54) is 0 Å². The number of carboxylic acids is 1. The SMILES string of the molecule is O=C(O)c1ccc(S(=O)(=O)N(CC2CCCC2)c2ncc(C(F)(F)F)cc2Cl)cc1. The maximum absolute atomic E-state index is 13.3. The van der Waals surface area contributed by atoms with Gasteiger partial charge in [0.05, 0.1) is 21.0 Å². The van der Waals surface area contributed by atoms with E-state index in [1.54, 1.807) is 0 Å². The standard InChI is InChI=1S/C19H18ClF3N2O4S/c20-16-9-14(19(21,22)23)10-24-17(16)25(11-12-3-1-2-4-12)30(28,29)15-7-5-13(6-8-15)18(26)27/h5-10,12H,1-4,11H2,(H,26,27). The largest absolute Gasteiger partial charge is 0.478 e. The summed E-state index contributed by atoms with van der Waals surface area (Å²) < 4.78 is 66.4. The van der Waals surface area contributed by atoms with Crippen molar-refractivity contribution in [3.63, 3.8) is 0 Å². The second kappa shape index (κ2) is 8.43. The van der Waals surface area contributed by atoms with Crippen LogP contribution in [0.2, 0.25) is 5.02 Å². The Morgan fingerprint density at radius 1 is 1.20 bits per heavy atom. The van der Waals surface area contributed by atoms with E-state index in [2.05, 4.69) is 4.98 Å². The minimum absolute atomic E-state index is 0.0122. The van der Waals surface area contributed by atoms with Gasteiger partial charge < -0.3 is 5.11 Å². The third kappa shape index (κ3) is 4.70. The van der Waals surface area contributed by atoms with Crippen LogP contribution in [0.15, 0.2) is 41.4 Å². The molecule has 1 fully saturated rings. The molecule has 0 radical (unpaired) electrons. The van der Waals surface area contributed by atoms with Crippen LogP contribution in [0.25, 0.3) is 0 Å². The Hall–Kier alpha value is -2.33. The summed E-state index contributed by atoms with van der Waals surface area (Å²) in [5.74, 6) is -1.49. The maximum Gasteiger partial charge on any atom is 0.417 e. The fourth-order valence-electron chi connectivity index (χ4n) is 3.39. The number of halogens is 4. The lowest BCUT2D eigenvalue weighted by Gasteiger charge is -2.27. The van der Waals surface area contributed by atoms with Crippen LogP contribution in [-0.2, 0) is 16.2 Å². The van der Waals surface area contributed by atoms with Crippen molar-refractivity contribution in [2.45, 2.75) is 36.8 Å². The van der Waals surface area contributed by atoms with Crippen molar-refractivity contribution >= 4 is 33.4 Å². The Kier molecular flexibility index (Phi) is 6.28. The zero-order valence-electron chi connectivity index (χ0n) is 15.6. The first-order chi connectivity index (χ1) is 14.0. The van der Waals surface area contributed by atoms with Crippen LogP contribution in [-0.4, -0.2) is 31.0 Å². The average molecular weight is 463 g/mol. The Bertz CT molecular complexity index is 1040. The van der Waals surface area contributed by atoms with Crippen molar-refractivity contribution in [1.29, 1.82) is 0 Å². The molecule has 0 aliphatic heterocycles. The summed E-state index contributed by atoms with van der Waals surface area (Å²) in [5, 5.41) is 8.57. The number of nitrogens with zero attached hydrogens (tertiary/aromatic N) is 2. The normalized spacial score (nSPS) is 15.3. The van der Waals surface area contributed by atoms with E-state index in [4.69, 9.17) is 16.7 Å². The first-order valence-electron chi connectivity index (χ1n) is 9.09. The number of aromatic carboxylic acids is 1. The van der Waals surface area contributed by atoms with Crippen LogP contribution in [0.4, 0.5) is 19.0 Å². The van der Waals surface area contributed by atoms with E-state index in [1.807, 2.05) is 0 Å². The summed E-state index contributed by atoms with van der Waals surface area (Å²) in [7, 11) is -4.24. The third-order valence-corrected chi connectivity index (χ3v) is 7.02. The number of benzene rings is 1. The topological polar surface area (TPSA) is 87.6 Å². The number of carbonyl (C=O) groups is 1. The number of hydrogen-bond donors (Lipinski definition) is 1. The van der Waals surface area contributed by atoms with Crippen LogP contribution in [0.5, 0.6) is 0 Å². The molecule has 3 rings (SSSR count). The highest BCUT2D eigenvalue weighted by Gasteiger charge is 2.35. The lowest BCUT2D eigenvalue weighted by atomic mass is 10.1. The zero-order chi connectivity index (χ0) is 22.1. The van der Waals surface area contributed by atoms with Crippen LogP contribution >= 0.6 is 11.6 Å². The van der Waals surface area contributed by atoms with E-state index in [0.29, 0.717) is 12.3 Å². The van der Waals surface area contributed by atoms with E-state index in [0.717, 1.165) is 54.3 Å². The number of sulfonamides is 1. The second-order valence-electron chi connectivity index (χ2n) is 7.04. The van der Waals surface area contributed by atoms with E-state index in [-0.39, 0.29) is 28.7 Å². The molecule has 1 aromatic carbocycles. The van der Waals surface area contributed by atoms with Gasteiger partial charge in [-0.15, -0.1) is 0 Å². The van der Waals surface area contributed by atoms with E-state index >= 15 is 0 Å². The first kappa shape index (κ1) is 22.4. The molecule has 0 bridgehead atoms. The molecule has 6 nitrogen and oxygen atoms in total. The minimum Gasteiger partial charge on any atom is -0.478 e. The molecular weight excluding hydrogens is 445 g/mol. The fraction of sp³-hybridized carbons (Fsp3) is 0.368. The van der Waals surface area contributed by atoms with Gasteiger partial charge in [-0.1, -0.05) is 24.4 Å². The van der Waals surface area contributed by atoms with Crippen LogP contribution in [0.3, 0.4) is 0 Å². The quantitative estimate of drug-likeness (QED) is 0.663. The number of rotatable bonds is 6. The number of anilines is 1. The molecule has 1 aliphatic rings. The number of pyridine rings is 1. The monoisotopic (exact) mass is 462 g/mol. The summed E-state index contributed by atoms with van der Waals surface area (Å²) in [6.07, 6.45) is -0.701.